The Balaban J connectivity index is 1.78. The summed E-state index contributed by atoms with van der Waals surface area (Å²) in [5.74, 6) is 1.23. The zero-order chi connectivity index (χ0) is 25.8. The number of ether oxygens (including phenoxy) is 1. The minimum atomic E-state index is -0.107. The molecule has 1 unspecified atom stereocenters. The van der Waals surface area contributed by atoms with Crippen LogP contribution in [0.3, 0.4) is 0 Å². The first-order valence-electron chi connectivity index (χ1n) is 12.4. The number of hydrogen-bond donors (Lipinski definition) is 2. The van der Waals surface area contributed by atoms with Crippen molar-refractivity contribution >= 4 is 18.8 Å². The van der Waals surface area contributed by atoms with Crippen molar-refractivity contribution in [3.63, 3.8) is 0 Å². The molecule has 2 aromatic carbocycles. The fourth-order valence-corrected chi connectivity index (χ4v) is 4.07. The second kappa shape index (κ2) is 14.2. The lowest BCUT2D eigenvalue weighted by Gasteiger charge is -2.23. The van der Waals surface area contributed by atoms with E-state index in [2.05, 4.69) is 39.5 Å². The third-order valence-corrected chi connectivity index (χ3v) is 6.03. The molecule has 3 rings (SSSR count). The number of rotatable bonds is 13. The van der Waals surface area contributed by atoms with E-state index < -0.39 is 0 Å². The molecule has 1 aliphatic rings. The van der Waals surface area contributed by atoms with Crippen molar-refractivity contribution in [3.8, 4) is 5.75 Å². The van der Waals surface area contributed by atoms with Crippen molar-refractivity contribution in [2.24, 2.45) is 9.98 Å². The minimum absolute atomic E-state index is 0.0638. The Morgan fingerprint density at radius 3 is 2.69 bits per heavy atom. The van der Waals surface area contributed by atoms with Gasteiger partial charge in [-0.2, -0.15) is 0 Å². The number of amides is 1. The number of hydrogen-bond acceptors (Lipinski definition) is 7. The standard InChI is InChI=1S/C28H38N6O2/c1-5-31-21-32-19-25-27(30-3)33(4)16-17-34(28(25)35)20-22-10-9-13-24(18-22)36-26(14-15-29-2)23-11-7-6-8-12-23/h6-13,18-19,26,29,31H,3,5,14-17,20-21H2,1-2,4H3. The van der Waals surface area contributed by atoms with Gasteiger partial charge < -0.3 is 19.9 Å². The number of aliphatic imine (C=N–C) groups is 2. The van der Waals surface area contributed by atoms with Crippen LogP contribution in [-0.2, 0) is 11.3 Å². The fraction of sp³-hybridized carbons (Fsp3) is 0.393. The maximum Gasteiger partial charge on any atom is 0.259 e. The first kappa shape index (κ1) is 27.1. The normalized spacial score (nSPS) is 15.4. The number of nitrogens with one attached hydrogen (secondary N) is 2. The van der Waals surface area contributed by atoms with Gasteiger partial charge in [-0.25, -0.2) is 4.99 Å². The van der Waals surface area contributed by atoms with Crippen LogP contribution in [0.5, 0.6) is 5.75 Å². The predicted molar refractivity (Wildman–Crippen MR) is 146 cm³/mol. The van der Waals surface area contributed by atoms with E-state index in [1.807, 2.05) is 73.3 Å². The third-order valence-electron chi connectivity index (χ3n) is 6.03. The van der Waals surface area contributed by atoms with E-state index in [9.17, 15) is 4.79 Å². The van der Waals surface area contributed by atoms with Crippen LogP contribution in [0.4, 0.5) is 0 Å². The Labute approximate surface area is 214 Å². The largest absolute Gasteiger partial charge is 0.486 e. The highest BCUT2D eigenvalue weighted by Gasteiger charge is 2.26. The summed E-state index contributed by atoms with van der Waals surface area (Å²) in [4.78, 5) is 25.8. The van der Waals surface area contributed by atoms with Crippen molar-refractivity contribution in [1.82, 2.24) is 20.4 Å². The van der Waals surface area contributed by atoms with Gasteiger partial charge in [0.15, 0.2) is 0 Å². The van der Waals surface area contributed by atoms with Crippen LogP contribution in [0.15, 0.2) is 76.0 Å². The molecule has 2 N–H and O–H groups in total. The number of likely N-dealkylation sites (N-methyl/N-ethyl adjacent to an activating group) is 1. The molecule has 192 valence electrons. The second-order valence-corrected chi connectivity index (χ2v) is 8.67. The summed E-state index contributed by atoms with van der Waals surface area (Å²) in [5, 5.41) is 6.34. The highest BCUT2D eigenvalue weighted by molar-refractivity contribution is 6.13. The lowest BCUT2D eigenvalue weighted by atomic mass is 10.1. The van der Waals surface area contributed by atoms with Crippen LogP contribution in [0.25, 0.3) is 0 Å². The summed E-state index contributed by atoms with van der Waals surface area (Å²) >= 11 is 0. The van der Waals surface area contributed by atoms with E-state index in [4.69, 9.17) is 4.74 Å². The quantitative estimate of drug-likeness (QED) is 0.333. The molecular weight excluding hydrogens is 452 g/mol. The Hall–Kier alpha value is -3.49. The topological polar surface area (TPSA) is 81.6 Å². The van der Waals surface area contributed by atoms with Crippen LogP contribution >= 0.6 is 0 Å². The molecule has 0 aliphatic carbocycles. The summed E-state index contributed by atoms with van der Waals surface area (Å²) < 4.78 is 6.42. The van der Waals surface area contributed by atoms with Crippen molar-refractivity contribution in [2.75, 3.05) is 46.9 Å². The number of nitrogens with zero attached hydrogens (tertiary/aromatic N) is 4. The van der Waals surface area contributed by atoms with Gasteiger partial charge in [0.1, 0.15) is 17.7 Å². The molecule has 0 radical (unpaired) electrons. The average molecular weight is 491 g/mol. The molecule has 0 spiro atoms. The molecule has 1 amide bonds. The van der Waals surface area contributed by atoms with Crippen molar-refractivity contribution < 1.29 is 9.53 Å². The first-order chi connectivity index (χ1) is 17.6. The van der Waals surface area contributed by atoms with Gasteiger partial charge in [-0.15, -0.1) is 0 Å². The minimum Gasteiger partial charge on any atom is -0.486 e. The Morgan fingerprint density at radius 2 is 1.97 bits per heavy atom. The Bertz CT molecular complexity index is 1050. The van der Waals surface area contributed by atoms with Gasteiger partial charge in [-0.3, -0.25) is 15.1 Å². The molecule has 8 nitrogen and oxygen atoms in total. The molecule has 0 fully saturated rings. The molecule has 1 heterocycles. The van der Waals surface area contributed by atoms with E-state index in [0.717, 1.165) is 36.4 Å². The summed E-state index contributed by atoms with van der Waals surface area (Å²) in [5.41, 5.74) is 2.59. The van der Waals surface area contributed by atoms with Gasteiger partial charge >= 0.3 is 0 Å². The molecule has 0 aromatic heterocycles. The number of carbonyl (C=O) groups is 1. The lowest BCUT2D eigenvalue weighted by Crippen LogP contribution is -2.34. The van der Waals surface area contributed by atoms with Crippen LogP contribution in [0, 0.1) is 0 Å². The third kappa shape index (κ3) is 7.50. The smallest absolute Gasteiger partial charge is 0.259 e. The van der Waals surface area contributed by atoms with E-state index in [0.29, 0.717) is 37.7 Å². The van der Waals surface area contributed by atoms with Crippen LogP contribution < -0.4 is 15.4 Å². The van der Waals surface area contributed by atoms with Gasteiger partial charge in [0.25, 0.3) is 5.91 Å². The molecule has 36 heavy (non-hydrogen) atoms. The molecule has 1 atom stereocenters. The monoisotopic (exact) mass is 490 g/mol. The molecule has 0 bridgehead atoms. The highest BCUT2D eigenvalue weighted by atomic mass is 16.5. The summed E-state index contributed by atoms with van der Waals surface area (Å²) in [6, 6.07) is 18.2. The Kier molecular flexibility index (Phi) is 10.7. The van der Waals surface area contributed by atoms with Gasteiger partial charge in [-0.1, -0.05) is 49.4 Å². The zero-order valence-electron chi connectivity index (χ0n) is 21.6. The van der Waals surface area contributed by atoms with Crippen molar-refractivity contribution in [2.45, 2.75) is 26.0 Å². The maximum atomic E-state index is 13.5. The van der Waals surface area contributed by atoms with E-state index in [1.165, 1.54) is 0 Å². The SMILES string of the molecule is C=NC1=C(C=NCNCC)C(=O)N(Cc2cccc(OC(CCNC)c3ccccc3)c2)CCN1C. The lowest BCUT2D eigenvalue weighted by molar-refractivity contribution is -0.126. The molecular formula is C28H38N6O2. The Morgan fingerprint density at radius 1 is 1.17 bits per heavy atom. The van der Waals surface area contributed by atoms with Crippen molar-refractivity contribution in [3.05, 3.63) is 77.1 Å². The first-order valence-corrected chi connectivity index (χ1v) is 12.4. The zero-order valence-corrected chi connectivity index (χ0v) is 21.6. The summed E-state index contributed by atoms with van der Waals surface area (Å²) in [6.45, 7) is 9.47. The summed E-state index contributed by atoms with van der Waals surface area (Å²) in [6.07, 6.45) is 2.39. The number of benzene rings is 2. The predicted octanol–water partition coefficient (Wildman–Crippen LogP) is 3.24. The van der Waals surface area contributed by atoms with Crippen LogP contribution in [-0.4, -0.2) is 75.6 Å². The summed E-state index contributed by atoms with van der Waals surface area (Å²) in [7, 11) is 3.86. The molecule has 1 aliphatic heterocycles. The molecule has 8 heteroatoms. The van der Waals surface area contributed by atoms with Crippen LogP contribution in [0.2, 0.25) is 0 Å². The van der Waals surface area contributed by atoms with Gasteiger partial charge in [0, 0.05) is 39.3 Å². The molecule has 0 saturated heterocycles. The average Bonchev–Trinajstić information content (AvgIpc) is 3.01. The molecule has 2 aromatic rings. The van der Waals surface area contributed by atoms with Gasteiger partial charge in [0.2, 0.25) is 0 Å². The van der Waals surface area contributed by atoms with E-state index >= 15 is 0 Å². The van der Waals surface area contributed by atoms with Crippen LogP contribution in [0.1, 0.15) is 30.6 Å². The number of carbonyl (C=O) groups excluding carboxylic acids is 1. The highest BCUT2D eigenvalue weighted by Crippen LogP contribution is 2.26. The van der Waals surface area contributed by atoms with E-state index in [1.54, 1.807) is 6.21 Å². The molecule has 0 saturated carbocycles. The second-order valence-electron chi connectivity index (χ2n) is 8.67. The van der Waals surface area contributed by atoms with Gasteiger partial charge in [0.05, 0.1) is 12.2 Å². The van der Waals surface area contributed by atoms with Gasteiger partial charge in [-0.05, 0) is 50.1 Å². The van der Waals surface area contributed by atoms with E-state index in [-0.39, 0.29) is 12.0 Å². The van der Waals surface area contributed by atoms with Crippen molar-refractivity contribution in [1.29, 1.82) is 0 Å². The fourth-order valence-electron chi connectivity index (χ4n) is 4.07. The maximum absolute atomic E-state index is 13.5.